The average Bonchev–Trinajstić information content (AvgIpc) is 3.31. The molecule has 69 heavy (non-hydrogen) atoms. The van der Waals surface area contributed by atoms with Gasteiger partial charge in [0.1, 0.15) is 20.2 Å². The van der Waals surface area contributed by atoms with Crippen molar-refractivity contribution in [2.75, 3.05) is 0 Å². The van der Waals surface area contributed by atoms with Crippen molar-refractivity contribution in [3.8, 4) is 0 Å². The number of hydrogen-bond acceptors (Lipinski definition) is 6. The molecule has 0 aliphatic heterocycles. The standard InChI is InChI=1S/2C30H48O3S.Ca/c2*1-3-5-7-9-11-13-15-17-19-26-21-22-27-23-24-30(34(31,32)33)28(29(27)25-26)20-18-16-14-12-10-8-6-4-2;/h2*21-25H,3-20H2,1-2H3,(H,31,32,33);/q;;+2/p-2. The molecule has 0 aromatic heterocycles. The van der Waals surface area contributed by atoms with E-state index in [1.165, 1.54) is 190 Å². The summed E-state index contributed by atoms with van der Waals surface area (Å²) in [7, 11) is -8.96. The van der Waals surface area contributed by atoms with Crippen molar-refractivity contribution in [3.63, 3.8) is 0 Å². The Bertz CT molecular complexity index is 2030. The summed E-state index contributed by atoms with van der Waals surface area (Å²) in [6, 6.07) is 19.4. The third-order valence-corrected chi connectivity index (χ3v) is 15.9. The van der Waals surface area contributed by atoms with Gasteiger partial charge in [0.25, 0.3) is 0 Å². The second-order valence-corrected chi connectivity index (χ2v) is 22.7. The second-order valence-electron chi connectivity index (χ2n) is 20.0. The molecule has 0 heterocycles. The third kappa shape index (κ3) is 26.3. The SMILES string of the molecule is CCCCCCCCCCc1ccc2ccc(S(=O)(=O)[O-])c(CCCCCCCCCC)c2c1.CCCCCCCCCCc1ccc2ccc(S(=O)(=O)[O-])c(CCCCCCCCCC)c2c1.[Ca+2]. The minimum atomic E-state index is -4.48. The molecule has 4 aromatic rings. The molecule has 0 radical (unpaired) electrons. The normalized spacial score (nSPS) is 11.8. The maximum atomic E-state index is 12.0. The topological polar surface area (TPSA) is 114 Å². The Morgan fingerprint density at radius 1 is 0.319 bits per heavy atom. The molecule has 0 atom stereocenters. The van der Waals surface area contributed by atoms with Crippen LogP contribution in [0.1, 0.15) is 255 Å². The zero-order valence-corrected chi connectivity index (χ0v) is 48.0. The van der Waals surface area contributed by atoms with Gasteiger partial charge in [0.2, 0.25) is 0 Å². The van der Waals surface area contributed by atoms with E-state index in [1.807, 2.05) is 0 Å². The fourth-order valence-electron chi connectivity index (χ4n) is 9.91. The van der Waals surface area contributed by atoms with Crippen molar-refractivity contribution in [1.82, 2.24) is 0 Å². The monoisotopic (exact) mass is 1010 g/mol. The van der Waals surface area contributed by atoms with Gasteiger partial charge in [0.15, 0.2) is 0 Å². The first-order chi connectivity index (χ1) is 32.9. The van der Waals surface area contributed by atoms with E-state index >= 15 is 0 Å². The van der Waals surface area contributed by atoms with E-state index in [-0.39, 0.29) is 47.5 Å². The van der Waals surface area contributed by atoms with Crippen molar-refractivity contribution in [2.24, 2.45) is 0 Å². The molecule has 4 aromatic carbocycles. The zero-order chi connectivity index (χ0) is 49.3. The minimum Gasteiger partial charge on any atom is -0.744 e. The van der Waals surface area contributed by atoms with Crippen LogP contribution < -0.4 is 0 Å². The largest absolute Gasteiger partial charge is 2.00 e. The molecule has 0 saturated heterocycles. The summed E-state index contributed by atoms with van der Waals surface area (Å²) in [6.45, 7) is 8.96. The molecular weight excluding hydrogens is 921 g/mol. The Kier molecular flexibility index (Phi) is 35.1. The number of unbranched alkanes of at least 4 members (excludes halogenated alkanes) is 28. The predicted molar refractivity (Wildman–Crippen MR) is 295 cm³/mol. The quantitative estimate of drug-likeness (QED) is 0.0251. The van der Waals surface area contributed by atoms with Gasteiger partial charge in [-0.2, -0.15) is 0 Å². The van der Waals surface area contributed by atoms with E-state index in [1.54, 1.807) is 12.1 Å². The Morgan fingerprint density at radius 3 is 0.812 bits per heavy atom. The van der Waals surface area contributed by atoms with Gasteiger partial charge < -0.3 is 9.11 Å². The fraction of sp³-hybridized carbons (Fsp3) is 0.667. The summed E-state index contributed by atoms with van der Waals surface area (Å²) in [5, 5.41) is 3.97. The van der Waals surface area contributed by atoms with E-state index in [0.29, 0.717) is 12.8 Å². The summed E-state index contributed by atoms with van der Waals surface area (Å²) in [5.41, 5.74) is 3.96. The number of rotatable bonds is 38. The van der Waals surface area contributed by atoms with Crippen LogP contribution in [-0.2, 0) is 45.9 Å². The third-order valence-electron chi connectivity index (χ3n) is 14.0. The summed E-state index contributed by atoms with van der Waals surface area (Å²) in [4.78, 5) is -0.0423. The van der Waals surface area contributed by atoms with E-state index in [4.69, 9.17) is 0 Å². The van der Waals surface area contributed by atoms with Crippen LogP contribution in [0.25, 0.3) is 21.5 Å². The van der Waals surface area contributed by atoms with Crippen LogP contribution >= 0.6 is 0 Å². The Hall–Kier alpha value is -1.52. The van der Waals surface area contributed by atoms with E-state index in [0.717, 1.165) is 84.0 Å². The maximum absolute atomic E-state index is 12.0. The van der Waals surface area contributed by atoms with Gasteiger partial charge in [0, 0.05) is 0 Å². The average molecular weight is 1020 g/mol. The fourth-order valence-corrected chi connectivity index (χ4v) is 11.4. The van der Waals surface area contributed by atoms with Crippen LogP contribution in [0.5, 0.6) is 0 Å². The first-order valence-corrected chi connectivity index (χ1v) is 30.8. The summed E-state index contributed by atoms with van der Waals surface area (Å²) >= 11 is 0. The Balaban J connectivity index is 0.000000467. The Labute approximate surface area is 453 Å². The smallest absolute Gasteiger partial charge is 0.744 e. The number of benzene rings is 4. The molecule has 6 nitrogen and oxygen atoms in total. The van der Waals surface area contributed by atoms with Gasteiger partial charge in [-0.3, -0.25) is 0 Å². The van der Waals surface area contributed by atoms with E-state index < -0.39 is 20.2 Å². The summed E-state index contributed by atoms with van der Waals surface area (Å²) in [5.74, 6) is 0. The Morgan fingerprint density at radius 2 is 0.551 bits per heavy atom. The van der Waals surface area contributed by atoms with Gasteiger partial charge in [-0.15, -0.1) is 0 Å². The molecular formula is C60H94CaO6S2. The number of aryl methyl sites for hydroxylation is 4. The van der Waals surface area contributed by atoms with Crippen LogP contribution in [0.15, 0.2) is 70.5 Å². The summed E-state index contributed by atoms with van der Waals surface area (Å²) in [6.07, 6.45) is 43.2. The van der Waals surface area contributed by atoms with Crippen molar-refractivity contribution in [2.45, 2.75) is 269 Å². The molecule has 0 amide bonds. The van der Waals surface area contributed by atoms with E-state index in [2.05, 4.69) is 64.1 Å². The molecule has 9 heteroatoms. The molecule has 384 valence electrons. The van der Waals surface area contributed by atoms with Crippen molar-refractivity contribution >= 4 is 79.5 Å². The van der Waals surface area contributed by atoms with Crippen LogP contribution in [0.2, 0.25) is 0 Å². The number of hydrogen-bond donors (Lipinski definition) is 0. The predicted octanol–water partition coefficient (Wildman–Crippen LogP) is 17.8. The van der Waals surface area contributed by atoms with Gasteiger partial charge in [-0.25, -0.2) is 16.8 Å². The first-order valence-electron chi connectivity index (χ1n) is 27.9. The van der Waals surface area contributed by atoms with Crippen molar-refractivity contribution in [3.05, 3.63) is 82.9 Å². The van der Waals surface area contributed by atoms with Crippen LogP contribution in [-0.4, -0.2) is 63.7 Å². The van der Waals surface area contributed by atoms with E-state index in [9.17, 15) is 25.9 Å². The maximum Gasteiger partial charge on any atom is 2.00 e. The molecule has 0 unspecified atom stereocenters. The zero-order valence-electron chi connectivity index (χ0n) is 44.2. The summed E-state index contributed by atoms with van der Waals surface area (Å²) < 4.78 is 72.0. The molecule has 0 aliphatic carbocycles. The molecule has 0 aliphatic rings. The van der Waals surface area contributed by atoms with Crippen LogP contribution in [0.3, 0.4) is 0 Å². The molecule has 0 spiro atoms. The molecule has 0 saturated carbocycles. The molecule has 0 N–H and O–H groups in total. The first kappa shape index (κ1) is 63.6. The minimum absolute atomic E-state index is 0. The van der Waals surface area contributed by atoms with Crippen LogP contribution in [0, 0.1) is 0 Å². The molecule has 4 rings (SSSR count). The van der Waals surface area contributed by atoms with Gasteiger partial charge in [-0.1, -0.05) is 256 Å². The van der Waals surface area contributed by atoms with Gasteiger partial charge in [-0.05, 0) is 107 Å². The van der Waals surface area contributed by atoms with Crippen molar-refractivity contribution in [1.29, 1.82) is 0 Å². The molecule has 0 fully saturated rings. The molecule has 0 bridgehead atoms. The number of fused-ring (bicyclic) bond motifs is 2. The van der Waals surface area contributed by atoms with Crippen LogP contribution in [0.4, 0.5) is 0 Å². The van der Waals surface area contributed by atoms with Crippen molar-refractivity contribution < 1.29 is 25.9 Å². The van der Waals surface area contributed by atoms with Gasteiger partial charge in [0.05, 0.1) is 9.79 Å². The second kappa shape index (κ2) is 38.1. The van der Waals surface area contributed by atoms with Gasteiger partial charge >= 0.3 is 37.7 Å².